The van der Waals surface area contributed by atoms with Gasteiger partial charge in [-0.2, -0.15) is 5.10 Å². The van der Waals surface area contributed by atoms with Crippen molar-refractivity contribution in [2.45, 2.75) is 59.9 Å². The summed E-state index contributed by atoms with van der Waals surface area (Å²) in [7, 11) is 0. The molecule has 0 aliphatic heterocycles. The molecule has 3 nitrogen and oxygen atoms in total. The summed E-state index contributed by atoms with van der Waals surface area (Å²) in [4.78, 5) is 0. The van der Waals surface area contributed by atoms with Crippen LogP contribution in [-0.2, 0) is 12.8 Å². The van der Waals surface area contributed by atoms with Crippen LogP contribution in [0, 0.1) is 5.92 Å². The van der Waals surface area contributed by atoms with Gasteiger partial charge in [0.25, 0.3) is 0 Å². The Hall–Kier alpha value is -0.830. The highest BCUT2D eigenvalue weighted by molar-refractivity contribution is 5.11. The van der Waals surface area contributed by atoms with Crippen molar-refractivity contribution in [2.24, 2.45) is 5.92 Å². The van der Waals surface area contributed by atoms with Crippen molar-refractivity contribution in [1.29, 1.82) is 0 Å². The number of hydrogen-bond donors (Lipinski definition) is 1. The lowest BCUT2D eigenvalue weighted by molar-refractivity contribution is 0.322. The zero-order valence-electron chi connectivity index (χ0n) is 12.7. The average Bonchev–Trinajstić information content (AvgIpc) is 2.77. The van der Waals surface area contributed by atoms with E-state index in [1.165, 1.54) is 17.8 Å². The van der Waals surface area contributed by atoms with Crippen molar-refractivity contribution >= 4 is 0 Å². The van der Waals surface area contributed by atoms with Crippen molar-refractivity contribution < 1.29 is 0 Å². The normalized spacial score (nSPS) is 13.2. The molecule has 0 spiro atoms. The van der Waals surface area contributed by atoms with Crippen LogP contribution in [0.15, 0.2) is 6.07 Å². The van der Waals surface area contributed by atoms with Crippen molar-refractivity contribution in [3.05, 3.63) is 17.5 Å². The van der Waals surface area contributed by atoms with E-state index in [4.69, 9.17) is 5.10 Å². The van der Waals surface area contributed by atoms with Crippen LogP contribution >= 0.6 is 0 Å². The lowest BCUT2D eigenvalue weighted by Crippen LogP contribution is -2.31. The second-order valence-corrected chi connectivity index (χ2v) is 5.29. The van der Waals surface area contributed by atoms with Gasteiger partial charge in [-0.05, 0) is 37.8 Å². The van der Waals surface area contributed by atoms with E-state index in [1.54, 1.807) is 0 Å². The van der Waals surface area contributed by atoms with Crippen LogP contribution in [0.2, 0.25) is 0 Å². The first-order chi connectivity index (χ1) is 8.63. The van der Waals surface area contributed by atoms with E-state index in [9.17, 15) is 0 Å². The number of hydrogen-bond acceptors (Lipinski definition) is 2. The van der Waals surface area contributed by atoms with Gasteiger partial charge < -0.3 is 5.32 Å². The molecule has 1 N–H and O–H groups in total. The largest absolute Gasteiger partial charge is 0.315 e. The molecule has 0 saturated carbocycles. The van der Waals surface area contributed by atoms with E-state index in [0.717, 1.165) is 25.9 Å². The molecule has 0 fully saturated rings. The van der Waals surface area contributed by atoms with E-state index in [0.29, 0.717) is 12.0 Å². The molecule has 1 aromatic rings. The third kappa shape index (κ3) is 3.84. The van der Waals surface area contributed by atoms with Crippen LogP contribution in [0.1, 0.15) is 58.5 Å². The fourth-order valence-electron chi connectivity index (χ4n) is 2.25. The number of nitrogens with one attached hydrogen (secondary N) is 1. The maximum absolute atomic E-state index is 4.78. The van der Waals surface area contributed by atoms with Crippen LogP contribution in [0.5, 0.6) is 0 Å². The number of rotatable bonds is 8. The SMILES string of the molecule is CCCNCC(C(C)C)n1nc(CC)cc1CC. The Labute approximate surface area is 112 Å². The van der Waals surface area contributed by atoms with E-state index in [-0.39, 0.29) is 0 Å². The summed E-state index contributed by atoms with van der Waals surface area (Å²) >= 11 is 0. The highest BCUT2D eigenvalue weighted by Crippen LogP contribution is 2.20. The molecule has 1 heterocycles. The number of aromatic nitrogens is 2. The number of aryl methyl sites for hydroxylation is 2. The van der Waals surface area contributed by atoms with E-state index in [1.807, 2.05) is 0 Å². The average molecular weight is 251 g/mol. The Bertz CT molecular complexity index is 342. The van der Waals surface area contributed by atoms with Crippen molar-refractivity contribution in [2.75, 3.05) is 13.1 Å². The lowest BCUT2D eigenvalue weighted by atomic mass is 10.0. The van der Waals surface area contributed by atoms with Crippen molar-refractivity contribution in [3.8, 4) is 0 Å². The molecule has 0 radical (unpaired) electrons. The predicted octanol–water partition coefficient (Wildman–Crippen LogP) is 3.20. The first-order valence-electron chi connectivity index (χ1n) is 7.41. The third-order valence-corrected chi connectivity index (χ3v) is 3.45. The minimum Gasteiger partial charge on any atom is -0.315 e. The van der Waals surface area contributed by atoms with Crippen LogP contribution in [-0.4, -0.2) is 22.9 Å². The topological polar surface area (TPSA) is 29.9 Å². The quantitative estimate of drug-likeness (QED) is 0.719. The molecular formula is C15H29N3. The number of nitrogens with zero attached hydrogens (tertiary/aromatic N) is 2. The van der Waals surface area contributed by atoms with Gasteiger partial charge in [0.1, 0.15) is 0 Å². The van der Waals surface area contributed by atoms with Gasteiger partial charge in [0.15, 0.2) is 0 Å². The minimum atomic E-state index is 0.465. The Kier molecular flexibility index (Phi) is 6.41. The first kappa shape index (κ1) is 15.2. The fourth-order valence-corrected chi connectivity index (χ4v) is 2.25. The van der Waals surface area contributed by atoms with Gasteiger partial charge in [0.05, 0.1) is 11.7 Å². The molecule has 1 aromatic heterocycles. The molecule has 1 rings (SSSR count). The highest BCUT2D eigenvalue weighted by atomic mass is 15.3. The summed E-state index contributed by atoms with van der Waals surface area (Å²) in [6, 6.07) is 2.72. The second kappa shape index (κ2) is 7.57. The van der Waals surface area contributed by atoms with Gasteiger partial charge in [0, 0.05) is 12.2 Å². The summed E-state index contributed by atoms with van der Waals surface area (Å²) in [6.45, 7) is 13.3. The maximum Gasteiger partial charge on any atom is 0.0669 e. The van der Waals surface area contributed by atoms with E-state index >= 15 is 0 Å². The summed E-state index contributed by atoms with van der Waals surface area (Å²) in [5, 5.41) is 8.31. The maximum atomic E-state index is 4.78. The zero-order valence-corrected chi connectivity index (χ0v) is 12.7. The Balaban J connectivity index is 2.86. The lowest BCUT2D eigenvalue weighted by Gasteiger charge is -2.24. The molecule has 1 unspecified atom stereocenters. The van der Waals surface area contributed by atoms with Gasteiger partial charge >= 0.3 is 0 Å². The fraction of sp³-hybridized carbons (Fsp3) is 0.800. The predicted molar refractivity (Wildman–Crippen MR) is 78.0 cm³/mol. The molecule has 104 valence electrons. The van der Waals surface area contributed by atoms with Crippen LogP contribution in [0.4, 0.5) is 0 Å². The summed E-state index contributed by atoms with van der Waals surface area (Å²) in [6.07, 6.45) is 3.27. The monoisotopic (exact) mass is 251 g/mol. The van der Waals surface area contributed by atoms with Gasteiger partial charge in [-0.3, -0.25) is 4.68 Å². The van der Waals surface area contributed by atoms with Crippen molar-refractivity contribution in [1.82, 2.24) is 15.1 Å². The molecule has 0 aliphatic carbocycles. The molecule has 1 atom stereocenters. The molecule has 0 aromatic carbocycles. The molecular weight excluding hydrogens is 222 g/mol. The van der Waals surface area contributed by atoms with Gasteiger partial charge in [0.2, 0.25) is 0 Å². The van der Waals surface area contributed by atoms with E-state index < -0.39 is 0 Å². The smallest absolute Gasteiger partial charge is 0.0669 e. The van der Waals surface area contributed by atoms with Gasteiger partial charge in [-0.1, -0.05) is 34.6 Å². The molecule has 0 amide bonds. The highest BCUT2D eigenvalue weighted by Gasteiger charge is 2.19. The second-order valence-electron chi connectivity index (χ2n) is 5.29. The molecule has 0 bridgehead atoms. The summed E-state index contributed by atoms with van der Waals surface area (Å²) < 4.78 is 2.26. The Morgan fingerprint density at radius 3 is 2.44 bits per heavy atom. The van der Waals surface area contributed by atoms with Crippen LogP contribution < -0.4 is 5.32 Å². The molecule has 0 saturated heterocycles. The van der Waals surface area contributed by atoms with Crippen LogP contribution in [0.3, 0.4) is 0 Å². The first-order valence-corrected chi connectivity index (χ1v) is 7.41. The summed E-state index contributed by atoms with van der Waals surface area (Å²) in [5.74, 6) is 0.601. The third-order valence-electron chi connectivity index (χ3n) is 3.45. The molecule has 0 aliphatic rings. The molecule has 3 heteroatoms. The zero-order chi connectivity index (χ0) is 13.5. The van der Waals surface area contributed by atoms with Gasteiger partial charge in [-0.25, -0.2) is 0 Å². The Morgan fingerprint density at radius 2 is 1.94 bits per heavy atom. The van der Waals surface area contributed by atoms with Crippen molar-refractivity contribution in [3.63, 3.8) is 0 Å². The standard InChI is InChI=1S/C15H29N3/c1-6-9-16-11-15(12(4)5)18-14(8-3)10-13(7-2)17-18/h10,12,15-16H,6-9,11H2,1-5H3. The Morgan fingerprint density at radius 1 is 1.22 bits per heavy atom. The van der Waals surface area contributed by atoms with Gasteiger partial charge in [-0.15, -0.1) is 0 Å². The van der Waals surface area contributed by atoms with E-state index in [2.05, 4.69) is 50.7 Å². The minimum absolute atomic E-state index is 0.465. The molecule has 18 heavy (non-hydrogen) atoms. The summed E-state index contributed by atoms with van der Waals surface area (Å²) in [5.41, 5.74) is 2.58. The van der Waals surface area contributed by atoms with Crippen LogP contribution in [0.25, 0.3) is 0 Å².